The lowest BCUT2D eigenvalue weighted by molar-refractivity contribution is -0.214. The summed E-state index contributed by atoms with van der Waals surface area (Å²) >= 11 is 0. The van der Waals surface area contributed by atoms with Crippen LogP contribution in [0, 0.1) is 0 Å². The van der Waals surface area contributed by atoms with Crippen LogP contribution in [0.2, 0.25) is 0 Å². The first kappa shape index (κ1) is 12.0. The smallest absolute Gasteiger partial charge is 0.165 e. The summed E-state index contributed by atoms with van der Waals surface area (Å²) in [6.45, 7) is 3.60. The topological polar surface area (TPSA) is 108 Å². The van der Waals surface area contributed by atoms with E-state index in [9.17, 15) is 10.2 Å². The van der Waals surface area contributed by atoms with Gasteiger partial charge in [-0.3, -0.25) is 0 Å². The second-order valence-corrected chi connectivity index (χ2v) is 3.07. The number of hydrogen-bond acceptors (Lipinski definition) is 5. The molecule has 1 rings (SSSR count). The highest BCUT2D eigenvalue weighted by Gasteiger charge is 2.39. The second-order valence-electron chi connectivity index (χ2n) is 3.07. The van der Waals surface area contributed by atoms with Crippen LogP contribution < -0.4 is 0 Å². The predicted molar refractivity (Wildman–Crippen MR) is 50.8 cm³/mol. The number of aliphatic hydroxyl groups excluding tert-OH is 2. The molecule has 0 amide bonds. The zero-order valence-corrected chi connectivity index (χ0v) is 8.06. The molecule has 7 nitrogen and oxygen atoms in total. The average Bonchev–Trinajstić information content (AvgIpc) is 2.23. The van der Waals surface area contributed by atoms with Gasteiger partial charge < -0.3 is 19.7 Å². The molecule has 0 bridgehead atoms. The third-order valence-corrected chi connectivity index (χ3v) is 2.04. The molecule has 7 heteroatoms. The van der Waals surface area contributed by atoms with Crippen molar-refractivity contribution >= 4 is 0 Å². The molecule has 0 saturated carbocycles. The van der Waals surface area contributed by atoms with E-state index in [1.54, 1.807) is 0 Å². The molecular formula is C8H13N3O4. The molecule has 4 unspecified atom stereocenters. The highest BCUT2D eigenvalue weighted by molar-refractivity contribution is 4.90. The second kappa shape index (κ2) is 5.69. The van der Waals surface area contributed by atoms with Crippen LogP contribution in [0.3, 0.4) is 0 Å². The Morgan fingerprint density at radius 2 is 2.40 bits per heavy atom. The van der Waals surface area contributed by atoms with E-state index in [1.807, 2.05) is 0 Å². The monoisotopic (exact) mass is 215 g/mol. The Labute approximate surface area is 86.5 Å². The van der Waals surface area contributed by atoms with Gasteiger partial charge in [0.25, 0.3) is 0 Å². The van der Waals surface area contributed by atoms with Crippen molar-refractivity contribution in [2.45, 2.75) is 24.5 Å². The molecular weight excluding hydrogens is 202 g/mol. The molecule has 0 spiro atoms. The number of rotatable bonds is 4. The number of nitrogens with zero attached hydrogens (tertiary/aromatic N) is 3. The number of hydrogen-bond donors (Lipinski definition) is 2. The molecule has 2 N–H and O–H groups in total. The van der Waals surface area contributed by atoms with Crippen LogP contribution >= 0.6 is 0 Å². The summed E-state index contributed by atoms with van der Waals surface area (Å²) < 4.78 is 10.0. The molecule has 1 saturated heterocycles. The summed E-state index contributed by atoms with van der Waals surface area (Å²) in [4.78, 5) is 2.57. The fourth-order valence-electron chi connectivity index (χ4n) is 1.35. The molecule has 1 fully saturated rings. The minimum atomic E-state index is -1.25. The van der Waals surface area contributed by atoms with E-state index < -0.39 is 24.5 Å². The number of ether oxygens (including phenoxy) is 2. The fraction of sp³-hybridized carbons (Fsp3) is 0.750. The maximum absolute atomic E-state index is 9.53. The van der Waals surface area contributed by atoms with Crippen LogP contribution in [0.15, 0.2) is 17.8 Å². The first-order chi connectivity index (χ1) is 7.20. The quantitative estimate of drug-likeness (QED) is 0.296. The van der Waals surface area contributed by atoms with Gasteiger partial charge in [-0.15, -0.1) is 6.58 Å². The molecule has 84 valence electrons. The predicted octanol–water partition coefficient (Wildman–Crippen LogP) is -0.0540. The van der Waals surface area contributed by atoms with Crippen LogP contribution in [-0.4, -0.2) is 48.0 Å². The van der Waals surface area contributed by atoms with Gasteiger partial charge in [-0.1, -0.05) is 11.2 Å². The largest absolute Gasteiger partial charge is 0.388 e. The van der Waals surface area contributed by atoms with Gasteiger partial charge in [-0.05, 0) is 5.53 Å². The van der Waals surface area contributed by atoms with Crippen LogP contribution in [0.25, 0.3) is 10.4 Å². The van der Waals surface area contributed by atoms with Crippen LogP contribution in [0.4, 0.5) is 0 Å². The van der Waals surface area contributed by atoms with Gasteiger partial charge in [0.1, 0.15) is 12.1 Å². The fourth-order valence-corrected chi connectivity index (χ4v) is 1.35. The molecule has 1 aliphatic heterocycles. The number of aliphatic hydroxyl groups is 2. The molecule has 0 radical (unpaired) electrons. The van der Waals surface area contributed by atoms with Crippen LogP contribution in [0.1, 0.15) is 0 Å². The van der Waals surface area contributed by atoms with Gasteiger partial charge in [0.05, 0.1) is 19.3 Å². The molecule has 0 aliphatic carbocycles. The normalized spacial score (nSPS) is 35.6. The first-order valence-corrected chi connectivity index (χ1v) is 4.45. The molecule has 0 aromatic heterocycles. The molecule has 0 aromatic carbocycles. The average molecular weight is 215 g/mol. The molecule has 1 heterocycles. The Balaban J connectivity index is 2.72. The van der Waals surface area contributed by atoms with Gasteiger partial charge in [0, 0.05) is 4.91 Å². The van der Waals surface area contributed by atoms with E-state index in [0.717, 1.165) is 0 Å². The SMILES string of the molecule is C=CCOC1C(O)COC(O)C1N=[N+]=[N-]. The minimum Gasteiger partial charge on any atom is -0.388 e. The highest BCUT2D eigenvalue weighted by atomic mass is 16.6. The summed E-state index contributed by atoms with van der Waals surface area (Å²) in [6, 6.07) is -0.946. The van der Waals surface area contributed by atoms with Crippen LogP contribution in [0.5, 0.6) is 0 Å². The van der Waals surface area contributed by atoms with Crippen molar-refractivity contribution in [3.63, 3.8) is 0 Å². The highest BCUT2D eigenvalue weighted by Crippen LogP contribution is 2.20. The Hall–Kier alpha value is -1.11. The summed E-state index contributed by atoms with van der Waals surface area (Å²) in [7, 11) is 0. The van der Waals surface area contributed by atoms with E-state index in [-0.39, 0.29) is 13.2 Å². The zero-order chi connectivity index (χ0) is 11.3. The Morgan fingerprint density at radius 1 is 1.67 bits per heavy atom. The first-order valence-electron chi connectivity index (χ1n) is 4.45. The van der Waals surface area contributed by atoms with Gasteiger partial charge in [0.15, 0.2) is 6.29 Å². The van der Waals surface area contributed by atoms with Gasteiger partial charge >= 0.3 is 0 Å². The number of azide groups is 1. The summed E-state index contributed by atoms with van der Waals surface area (Å²) in [6.07, 6.45) is -1.45. The Morgan fingerprint density at radius 3 is 3.00 bits per heavy atom. The standard InChI is InChI=1S/C8H13N3O4/c1-2-3-14-7-5(12)4-15-8(13)6(7)10-11-9/h2,5-8,12-13H,1,3-4H2. The van der Waals surface area contributed by atoms with Crippen molar-refractivity contribution in [2.75, 3.05) is 13.2 Å². The van der Waals surface area contributed by atoms with Crippen molar-refractivity contribution in [1.82, 2.24) is 0 Å². The van der Waals surface area contributed by atoms with E-state index in [1.165, 1.54) is 6.08 Å². The third kappa shape index (κ3) is 2.92. The van der Waals surface area contributed by atoms with Crippen LogP contribution in [-0.2, 0) is 9.47 Å². The minimum absolute atomic E-state index is 0.0551. The third-order valence-electron chi connectivity index (χ3n) is 2.04. The van der Waals surface area contributed by atoms with Crippen molar-refractivity contribution < 1.29 is 19.7 Å². The Kier molecular flexibility index (Phi) is 4.54. The van der Waals surface area contributed by atoms with Gasteiger partial charge in [-0.2, -0.15) is 0 Å². The lowest BCUT2D eigenvalue weighted by atomic mass is 10.0. The molecule has 1 aliphatic rings. The maximum Gasteiger partial charge on any atom is 0.165 e. The zero-order valence-electron chi connectivity index (χ0n) is 8.06. The van der Waals surface area contributed by atoms with E-state index >= 15 is 0 Å². The lowest BCUT2D eigenvalue weighted by Gasteiger charge is -2.35. The van der Waals surface area contributed by atoms with E-state index in [0.29, 0.717) is 0 Å². The van der Waals surface area contributed by atoms with Crippen molar-refractivity contribution in [3.8, 4) is 0 Å². The molecule has 0 aromatic rings. The van der Waals surface area contributed by atoms with Crippen molar-refractivity contribution in [3.05, 3.63) is 23.1 Å². The molecule has 15 heavy (non-hydrogen) atoms. The Bertz CT molecular complexity index is 267. The van der Waals surface area contributed by atoms with E-state index in [2.05, 4.69) is 16.6 Å². The van der Waals surface area contributed by atoms with Crippen molar-refractivity contribution in [2.24, 2.45) is 5.11 Å². The van der Waals surface area contributed by atoms with Gasteiger partial charge in [-0.25, -0.2) is 0 Å². The summed E-state index contributed by atoms with van der Waals surface area (Å²) in [5.41, 5.74) is 8.30. The summed E-state index contributed by atoms with van der Waals surface area (Å²) in [5.74, 6) is 0. The molecule has 4 atom stereocenters. The summed E-state index contributed by atoms with van der Waals surface area (Å²) in [5, 5.41) is 22.3. The van der Waals surface area contributed by atoms with Crippen molar-refractivity contribution in [1.29, 1.82) is 0 Å². The lowest BCUT2D eigenvalue weighted by Crippen LogP contribution is -2.53. The van der Waals surface area contributed by atoms with Gasteiger partial charge in [0.2, 0.25) is 0 Å². The maximum atomic E-state index is 9.53. The van der Waals surface area contributed by atoms with E-state index in [4.69, 9.17) is 15.0 Å².